The van der Waals surface area contributed by atoms with Crippen LogP contribution in [-0.2, 0) is 4.74 Å². The lowest BCUT2D eigenvalue weighted by atomic mass is 9.95. The van der Waals surface area contributed by atoms with Gasteiger partial charge in [0.2, 0.25) is 5.82 Å². The first-order valence-corrected chi connectivity index (χ1v) is 9.39. The highest BCUT2D eigenvalue weighted by Gasteiger charge is 2.27. The number of morpholine rings is 1. The van der Waals surface area contributed by atoms with Crippen molar-refractivity contribution in [3.05, 3.63) is 35.9 Å². The average Bonchev–Trinajstić information content (AvgIpc) is 3.09. The normalized spacial score (nSPS) is 18.8. The molecule has 0 spiro atoms. The second kappa shape index (κ2) is 7.45. The number of ether oxygens (including phenoxy) is 1. The summed E-state index contributed by atoms with van der Waals surface area (Å²) in [5.74, 6) is -0.0656. The summed E-state index contributed by atoms with van der Waals surface area (Å²) >= 11 is 0. The molecule has 2 aromatic rings. The van der Waals surface area contributed by atoms with Crippen LogP contribution in [0.2, 0.25) is 0 Å². The van der Waals surface area contributed by atoms with Crippen LogP contribution in [0.3, 0.4) is 0 Å². The quantitative estimate of drug-likeness (QED) is 0.911. The second-order valence-corrected chi connectivity index (χ2v) is 6.95. The minimum atomic E-state index is -0.193. The van der Waals surface area contributed by atoms with E-state index in [2.05, 4.69) is 10.3 Å². The molecule has 0 atom stereocenters. The van der Waals surface area contributed by atoms with Gasteiger partial charge in [0.15, 0.2) is 5.69 Å². The Hall–Kier alpha value is -2.41. The van der Waals surface area contributed by atoms with E-state index in [0.29, 0.717) is 37.5 Å². The Bertz CT molecular complexity index is 804. The third kappa shape index (κ3) is 3.31. The fourth-order valence-electron chi connectivity index (χ4n) is 3.76. The first-order valence-electron chi connectivity index (χ1n) is 9.39. The smallest absolute Gasteiger partial charge is 0.290 e. The van der Waals surface area contributed by atoms with Crippen LogP contribution in [0.5, 0.6) is 0 Å². The van der Waals surface area contributed by atoms with Crippen LogP contribution < -0.4 is 5.32 Å². The van der Waals surface area contributed by atoms with Crippen LogP contribution in [0.4, 0.5) is 0 Å². The van der Waals surface area contributed by atoms with Gasteiger partial charge in [-0.15, -0.1) is 0 Å². The minimum absolute atomic E-state index is 0.161. The summed E-state index contributed by atoms with van der Waals surface area (Å²) in [6.07, 6.45) is 7.34. The molecule has 138 valence electrons. The Kier molecular flexibility index (Phi) is 4.88. The van der Waals surface area contributed by atoms with Crippen molar-refractivity contribution in [2.75, 3.05) is 26.3 Å². The van der Waals surface area contributed by atoms with E-state index in [1.54, 1.807) is 15.5 Å². The molecule has 2 amide bonds. The van der Waals surface area contributed by atoms with E-state index in [9.17, 15) is 9.59 Å². The van der Waals surface area contributed by atoms with Crippen LogP contribution in [0.25, 0.3) is 5.52 Å². The molecule has 26 heavy (non-hydrogen) atoms. The number of fused-ring (bicyclic) bond motifs is 1. The van der Waals surface area contributed by atoms with E-state index >= 15 is 0 Å². The Labute approximate surface area is 152 Å². The second-order valence-electron chi connectivity index (χ2n) is 6.95. The Morgan fingerprint density at radius 2 is 1.88 bits per heavy atom. The van der Waals surface area contributed by atoms with E-state index < -0.39 is 0 Å². The van der Waals surface area contributed by atoms with Gasteiger partial charge in [0, 0.05) is 25.3 Å². The summed E-state index contributed by atoms with van der Waals surface area (Å²) in [6.45, 7) is 2.16. The minimum Gasteiger partial charge on any atom is -0.378 e. The molecule has 1 aliphatic heterocycles. The van der Waals surface area contributed by atoms with Gasteiger partial charge in [0.1, 0.15) is 0 Å². The van der Waals surface area contributed by atoms with Gasteiger partial charge in [-0.2, -0.15) is 0 Å². The van der Waals surface area contributed by atoms with Crippen molar-refractivity contribution in [2.45, 2.75) is 38.1 Å². The largest absolute Gasteiger partial charge is 0.378 e. The number of nitrogens with zero attached hydrogens (tertiary/aromatic N) is 3. The van der Waals surface area contributed by atoms with Crippen molar-refractivity contribution >= 4 is 17.3 Å². The van der Waals surface area contributed by atoms with Gasteiger partial charge in [-0.3, -0.25) is 14.0 Å². The van der Waals surface area contributed by atoms with Crippen molar-refractivity contribution in [3.8, 4) is 0 Å². The number of aromatic nitrogens is 2. The van der Waals surface area contributed by atoms with E-state index in [4.69, 9.17) is 4.74 Å². The molecule has 1 saturated carbocycles. The molecular formula is C19H24N4O3. The topological polar surface area (TPSA) is 75.9 Å². The van der Waals surface area contributed by atoms with Crippen LogP contribution in [-0.4, -0.2) is 58.4 Å². The lowest BCUT2D eigenvalue weighted by Crippen LogP contribution is -2.41. The van der Waals surface area contributed by atoms with Crippen molar-refractivity contribution in [1.82, 2.24) is 19.6 Å². The van der Waals surface area contributed by atoms with Gasteiger partial charge in [-0.25, -0.2) is 4.98 Å². The molecule has 1 saturated heterocycles. The molecule has 3 heterocycles. The standard InChI is InChI=1S/C19H24N4O3/c24-18(20-14-6-2-1-3-7-14)16-15-8-4-5-9-23(15)17(21-16)19(25)22-10-12-26-13-11-22/h4-5,8-9,14H,1-3,6-7,10-13H2,(H,20,24). The third-order valence-corrected chi connectivity index (χ3v) is 5.19. The molecule has 2 fully saturated rings. The predicted octanol–water partition coefficient (Wildman–Crippen LogP) is 1.87. The zero-order valence-corrected chi connectivity index (χ0v) is 14.8. The van der Waals surface area contributed by atoms with Crippen LogP contribution in [0.15, 0.2) is 24.4 Å². The van der Waals surface area contributed by atoms with E-state index in [-0.39, 0.29) is 23.7 Å². The van der Waals surface area contributed by atoms with Crippen molar-refractivity contribution in [1.29, 1.82) is 0 Å². The number of pyridine rings is 1. The molecule has 7 heteroatoms. The van der Waals surface area contributed by atoms with Gasteiger partial charge in [-0.05, 0) is 25.0 Å². The number of amides is 2. The molecule has 0 aromatic carbocycles. The number of rotatable bonds is 3. The molecule has 2 aromatic heterocycles. The van der Waals surface area contributed by atoms with Gasteiger partial charge < -0.3 is 15.0 Å². The summed E-state index contributed by atoms with van der Waals surface area (Å²) in [5, 5.41) is 3.10. The van der Waals surface area contributed by atoms with E-state index in [1.165, 1.54) is 6.42 Å². The Balaban J connectivity index is 1.62. The zero-order valence-electron chi connectivity index (χ0n) is 14.8. The molecule has 0 unspecified atom stereocenters. The van der Waals surface area contributed by atoms with Crippen LogP contribution in [0.1, 0.15) is 53.2 Å². The maximum atomic E-state index is 12.9. The fraction of sp³-hybridized carbons (Fsp3) is 0.526. The summed E-state index contributed by atoms with van der Waals surface area (Å²) in [6, 6.07) is 5.74. The summed E-state index contributed by atoms with van der Waals surface area (Å²) in [4.78, 5) is 31.9. The van der Waals surface area contributed by atoms with E-state index in [1.807, 2.05) is 18.2 Å². The highest BCUT2D eigenvalue weighted by molar-refractivity contribution is 6.02. The van der Waals surface area contributed by atoms with E-state index in [0.717, 1.165) is 25.7 Å². The molecule has 0 radical (unpaired) electrons. The van der Waals surface area contributed by atoms with Gasteiger partial charge in [0.25, 0.3) is 11.8 Å². The van der Waals surface area contributed by atoms with Crippen LogP contribution in [0, 0.1) is 0 Å². The van der Waals surface area contributed by atoms with Gasteiger partial charge in [0.05, 0.1) is 18.7 Å². The summed E-state index contributed by atoms with van der Waals surface area (Å²) in [7, 11) is 0. The summed E-state index contributed by atoms with van der Waals surface area (Å²) in [5.41, 5.74) is 0.991. The predicted molar refractivity (Wildman–Crippen MR) is 96.3 cm³/mol. The maximum absolute atomic E-state index is 12.9. The number of carbonyl (C=O) groups is 2. The molecule has 0 bridgehead atoms. The maximum Gasteiger partial charge on any atom is 0.290 e. The number of hydrogen-bond donors (Lipinski definition) is 1. The SMILES string of the molecule is O=C(NC1CCCCC1)c1nc(C(=O)N2CCOCC2)n2ccccc12. The number of hydrogen-bond acceptors (Lipinski definition) is 4. The fourth-order valence-corrected chi connectivity index (χ4v) is 3.76. The summed E-state index contributed by atoms with van der Waals surface area (Å²) < 4.78 is 7.03. The number of carbonyl (C=O) groups excluding carboxylic acids is 2. The van der Waals surface area contributed by atoms with Gasteiger partial charge in [-0.1, -0.05) is 25.3 Å². The number of nitrogens with one attached hydrogen (secondary N) is 1. The van der Waals surface area contributed by atoms with Crippen molar-refractivity contribution < 1.29 is 14.3 Å². The van der Waals surface area contributed by atoms with Crippen LogP contribution >= 0.6 is 0 Å². The molecule has 1 aliphatic carbocycles. The first kappa shape index (κ1) is 17.0. The molecule has 2 aliphatic rings. The monoisotopic (exact) mass is 356 g/mol. The Morgan fingerprint density at radius 1 is 1.12 bits per heavy atom. The van der Waals surface area contributed by atoms with Crippen molar-refractivity contribution in [3.63, 3.8) is 0 Å². The third-order valence-electron chi connectivity index (χ3n) is 5.19. The molecule has 7 nitrogen and oxygen atoms in total. The number of imidazole rings is 1. The lowest BCUT2D eigenvalue weighted by molar-refractivity contribution is 0.0294. The molecule has 1 N–H and O–H groups in total. The lowest BCUT2D eigenvalue weighted by Gasteiger charge is -2.26. The molecular weight excluding hydrogens is 332 g/mol. The first-order chi connectivity index (χ1) is 12.7. The highest BCUT2D eigenvalue weighted by Crippen LogP contribution is 2.20. The zero-order chi connectivity index (χ0) is 17.9. The molecule has 4 rings (SSSR count). The van der Waals surface area contributed by atoms with Gasteiger partial charge >= 0.3 is 0 Å². The van der Waals surface area contributed by atoms with Crippen molar-refractivity contribution in [2.24, 2.45) is 0 Å². The Morgan fingerprint density at radius 3 is 2.65 bits per heavy atom. The highest BCUT2D eigenvalue weighted by atomic mass is 16.5. The average molecular weight is 356 g/mol.